The average molecular weight is 330 g/mol. The van der Waals surface area contributed by atoms with Gasteiger partial charge in [0.15, 0.2) is 5.78 Å². The largest absolute Gasteiger partial charge is 0.399 e. The second kappa shape index (κ2) is 4.76. The normalized spacial score (nSPS) is 10.9. The SMILES string of the molecule is Cc1ccc(N)cc1C(=O)c1c[nH]c2ncc(Br)cc12. The van der Waals surface area contributed by atoms with Gasteiger partial charge in [-0.25, -0.2) is 4.98 Å². The van der Waals surface area contributed by atoms with E-state index in [2.05, 4.69) is 25.9 Å². The number of carbonyl (C=O) groups is 1. The predicted octanol–water partition coefficient (Wildman–Crippen LogP) is 3.45. The summed E-state index contributed by atoms with van der Waals surface area (Å²) in [5.74, 6) is -0.0547. The van der Waals surface area contributed by atoms with Gasteiger partial charge in [0.1, 0.15) is 5.65 Å². The molecule has 2 heterocycles. The highest BCUT2D eigenvalue weighted by Crippen LogP contribution is 2.24. The van der Waals surface area contributed by atoms with Crippen molar-refractivity contribution in [3.63, 3.8) is 0 Å². The van der Waals surface area contributed by atoms with E-state index in [1.165, 1.54) is 0 Å². The van der Waals surface area contributed by atoms with Crippen LogP contribution < -0.4 is 5.73 Å². The smallest absolute Gasteiger partial charge is 0.195 e. The summed E-state index contributed by atoms with van der Waals surface area (Å²) >= 11 is 3.38. The number of aromatic amines is 1. The van der Waals surface area contributed by atoms with Gasteiger partial charge in [-0.2, -0.15) is 0 Å². The molecule has 0 spiro atoms. The number of aryl methyl sites for hydroxylation is 1. The van der Waals surface area contributed by atoms with Crippen molar-refractivity contribution in [2.45, 2.75) is 6.92 Å². The van der Waals surface area contributed by atoms with Gasteiger partial charge in [0.25, 0.3) is 0 Å². The summed E-state index contributed by atoms with van der Waals surface area (Å²) in [4.78, 5) is 19.9. The van der Waals surface area contributed by atoms with Crippen LogP contribution in [0.15, 0.2) is 41.1 Å². The maximum Gasteiger partial charge on any atom is 0.195 e. The fourth-order valence-corrected chi connectivity index (χ4v) is 2.53. The van der Waals surface area contributed by atoms with Crippen LogP contribution in [-0.4, -0.2) is 15.8 Å². The van der Waals surface area contributed by atoms with Crippen molar-refractivity contribution in [2.24, 2.45) is 0 Å². The zero-order valence-electron chi connectivity index (χ0n) is 10.8. The molecular formula is C15H12BrN3O. The molecule has 5 heteroatoms. The van der Waals surface area contributed by atoms with Crippen LogP contribution >= 0.6 is 15.9 Å². The van der Waals surface area contributed by atoms with E-state index in [1.807, 2.05) is 19.1 Å². The topological polar surface area (TPSA) is 71.8 Å². The molecule has 0 aliphatic rings. The van der Waals surface area contributed by atoms with Gasteiger partial charge in [-0.1, -0.05) is 6.07 Å². The molecule has 0 radical (unpaired) electrons. The number of nitrogen functional groups attached to an aromatic ring is 1. The fourth-order valence-electron chi connectivity index (χ4n) is 2.20. The summed E-state index contributed by atoms with van der Waals surface area (Å²) in [6.45, 7) is 1.90. The Hall–Kier alpha value is -2.14. The first-order valence-electron chi connectivity index (χ1n) is 6.09. The van der Waals surface area contributed by atoms with E-state index in [4.69, 9.17) is 5.73 Å². The van der Waals surface area contributed by atoms with Gasteiger partial charge in [-0.3, -0.25) is 4.79 Å². The molecule has 0 aliphatic heterocycles. The molecule has 2 aromatic heterocycles. The Balaban J connectivity index is 2.17. The van der Waals surface area contributed by atoms with Crippen LogP contribution in [0, 0.1) is 6.92 Å². The monoisotopic (exact) mass is 329 g/mol. The second-order valence-corrected chi connectivity index (χ2v) is 5.57. The third-order valence-electron chi connectivity index (χ3n) is 3.25. The standard InChI is InChI=1S/C15H12BrN3O/c1-8-2-3-10(17)5-11(8)14(20)13-7-19-15-12(13)4-9(16)6-18-15/h2-7H,17H2,1H3,(H,18,19). The Bertz CT molecular complexity index is 823. The van der Waals surface area contributed by atoms with Crippen LogP contribution in [0.2, 0.25) is 0 Å². The Morgan fingerprint density at radius 1 is 1.30 bits per heavy atom. The zero-order chi connectivity index (χ0) is 14.3. The number of anilines is 1. The summed E-state index contributed by atoms with van der Waals surface area (Å²) in [7, 11) is 0. The molecule has 3 rings (SSSR count). The van der Waals surface area contributed by atoms with Crippen molar-refractivity contribution in [1.82, 2.24) is 9.97 Å². The van der Waals surface area contributed by atoms with Crippen molar-refractivity contribution >= 4 is 38.4 Å². The molecule has 0 aliphatic carbocycles. The number of pyridine rings is 1. The van der Waals surface area contributed by atoms with E-state index >= 15 is 0 Å². The second-order valence-electron chi connectivity index (χ2n) is 4.66. The lowest BCUT2D eigenvalue weighted by Crippen LogP contribution is -2.04. The van der Waals surface area contributed by atoms with E-state index < -0.39 is 0 Å². The molecule has 1 aromatic carbocycles. The first kappa shape index (κ1) is 12.9. The number of H-pyrrole nitrogens is 1. The Kier molecular flexibility index (Phi) is 3.06. The molecule has 0 saturated carbocycles. The van der Waals surface area contributed by atoms with Gasteiger partial charge in [0.05, 0.1) is 0 Å². The quantitative estimate of drug-likeness (QED) is 0.558. The molecular weight excluding hydrogens is 318 g/mol. The third-order valence-corrected chi connectivity index (χ3v) is 3.68. The number of nitrogens with zero attached hydrogens (tertiary/aromatic N) is 1. The number of hydrogen-bond donors (Lipinski definition) is 2. The minimum atomic E-state index is -0.0547. The summed E-state index contributed by atoms with van der Waals surface area (Å²) < 4.78 is 0.836. The minimum absolute atomic E-state index is 0.0547. The number of rotatable bonds is 2. The van der Waals surface area contributed by atoms with Crippen molar-refractivity contribution in [3.05, 3.63) is 57.8 Å². The Morgan fingerprint density at radius 3 is 2.90 bits per heavy atom. The average Bonchev–Trinajstić information content (AvgIpc) is 2.83. The molecule has 3 N–H and O–H groups in total. The predicted molar refractivity (Wildman–Crippen MR) is 82.8 cm³/mol. The summed E-state index contributed by atoms with van der Waals surface area (Å²) in [5.41, 5.74) is 9.17. The Morgan fingerprint density at radius 2 is 2.10 bits per heavy atom. The van der Waals surface area contributed by atoms with Gasteiger partial charge >= 0.3 is 0 Å². The molecule has 0 bridgehead atoms. The number of nitrogens with two attached hydrogens (primary N) is 1. The molecule has 0 atom stereocenters. The van der Waals surface area contributed by atoms with Crippen molar-refractivity contribution in [1.29, 1.82) is 0 Å². The van der Waals surface area contributed by atoms with Gasteiger partial charge in [-0.15, -0.1) is 0 Å². The van der Waals surface area contributed by atoms with E-state index in [0.29, 0.717) is 22.5 Å². The van der Waals surface area contributed by atoms with Crippen LogP contribution in [0.3, 0.4) is 0 Å². The van der Waals surface area contributed by atoms with Crippen LogP contribution in [0.1, 0.15) is 21.5 Å². The van der Waals surface area contributed by atoms with Gasteiger partial charge in [0.2, 0.25) is 0 Å². The van der Waals surface area contributed by atoms with Gasteiger partial charge in [0, 0.05) is 39.1 Å². The van der Waals surface area contributed by atoms with Crippen LogP contribution in [-0.2, 0) is 0 Å². The lowest BCUT2D eigenvalue weighted by atomic mass is 9.99. The molecule has 0 saturated heterocycles. The van der Waals surface area contributed by atoms with Crippen LogP contribution in [0.5, 0.6) is 0 Å². The highest BCUT2D eigenvalue weighted by atomic mass is 79.9. The highest BCUT2D eigenvalue weighted by molar-refractivity contribution is 9.10. The first-order chi connectivity index (χ1) is 9.56. The van der Waals surface area contributed by atoms with Crippen LogP contribution in [0.4, 0.5) is 5.69 Å². The molecule has 0 fully saturated rings. The number of ketones is 1. The number of benzene rings is 1. The van der Waals surface area contributed by atoms with E-state index in [-0.39, 0.29) is 5.78 Å². The molecule has 0 amide bonds. The van der Waals surface area contributed by atoms with E-state index in [1.54, 1.807) is 24.5 Å². The number of aromatic nitrogens is 2. The Labute approximate surface area is 124 Å². The van der Waals surface area contributed by atoms with Gasteiger partial charge < -0.3 is 10.7 Å². The highest BCUT2D eigenvalue weighted by Gasteiger charge is 2.17. The lowest BCUT2D eigenvalue weighted by molar-refractivity contribution is 0.104. The lowest BCUT2D eigenvalue weighted by Gasteiger charge is -2.05. The van der Waals surface area contributed by atoms with Crippen molar-refractivity contribution in [2.75, 3.05) is 5.73 Å². The maximum atomic E-state index is 12.7. The molecule has 4 nitrogen and oxygen atoms in total. The third kappa shape index (κ3) is 2.10. The zero-order valence-corrected chi connectivity index (χ0v) is 12.4. The summed E-state index contributed by atoms with van der Waals surface area (Å²) in [6.07, 6.45) is 3.38. The molecule has 100 valence electrons. The van der Waals surface area contributed by atoms with Crippen LogP contribution in [0.25, 0.3) is 11.0 Å². The fraction of sp³-hybridized carbons (Fsp3) is 0.0667. The molecule has 3 aromatic rings. The van der Waals surface area contributed by atoms with Gasteiger partial charge in [-0.05, 0) is 46.6 Å². The molecule has 0 unspecified atom stereocenters. The maximum absolute atomic E-state index is 12.7. The minimum Gasteiger partial charge on any atom is -0.399 e. The summed E-state index contributed by atoms with van der Waals surface area (Å²) in [6, 6.07) is 7.24. The molecule has 20 heavy (non-hydrogen) atoms. The number of hydrogen-bond acceptors (Lipinski definition) is 3. The van der Waals surface area contributed by atoms with E-state index in [9.17, 15) is 4.79 Å². The number of nitrogens with one attached hydrogen (secondary N) is 1. The number of halogens is 1. The number of carbonyl (C=O) groups excluding carboxylic acids is 1. The number of fused-ring (bicyclic) bond motifs is 1. The first-order valence-corrected chi connectivity index (χ1v) is 6.89. The van der Waals surface area contributed by atoms with Crippen molar-refractivity contribution < 1.29 is 4.79 Å². The van der Waals surface area contributed by atoms with E-state index in [0.717, 1.165) is 15.4 Å². The summed E-state index contributed by atoms with van der Waals surface area (Å²) in [5, 5.41) is 0.797. The van der Waals surface area contributed by atoms with Crippen molar-refractivity contribution in [3.8, 4) is 0 Å².